The first-order valence-corrected chi connectivity index (χ1v) is 7.46. The molecule has 0 atom stereocenters. The van der Waals surface area contributed by atoms with Crippen molar-refractivity contribution in [2.45, 2.75) is 13.8 Å². The van der Waals surface area contributed by atoms with Crippen LogP contribution in [0.2, 0.25) is 0 Å². The van der Waals surface area contributed by atoms with Crippen molar-refractivity contribution in [3.63, 3.8) is 0 Å². The van der Waals surface area contributed by atoms with Crippen LogP contribution in [0.4, 0.5) is 18.9 Å². The zero-order valence-electron chi connectivity index (χ0n) is 13.7. The molecule has 3 aromatic rings. The predicted octanol–water partition coefficient (Wildman–Crippen LogP) is 3.28. The molecule has 0 aliphatic heterocycles. The number of nitrogens with two attached hydrogens (primary N) is 1. The van der Waals surface area contributed by atoms with Crippen LogP contribution in [0.5, 0.6) is 0 Å². The Hall–Kier alpha value is -3.29. The first-order chi connectivity index (χ1) is 12.1. The summed E-state index contributed by atoms with van der Waals surface area (Å²) in [4.78, 5) is 23.5. The van der Waals surface area contributed by atoms with E-state index in [4.69, 9.17) is 10.8 Å². The molecule has 0 saturated carbocycles. The van der Waals surface area contributed by atoms with Gasteiger partial charge in [0.15, 0.2) is 0 Å². The molecule has 134 valence electrons. The van der Waals surface area contributed by atoms with E-state index in [2.05, 4.69) is 0 Å². The number of aryl methyl sites for hydroxylation is 2. The number of aromatic nitrogens is 1. The zero-order chi connectivity index (χ0) is 19.3. The van der Waals surface area contributed by atoms with Crippen LogP contribution in [0, 0.1) is 31.3 Å². The van der Waals surface area contributed by atoms with Gasteiger partial charge in [0.05, 0.1) is 11.2 Å². The van der Waals surface area contributed by atoms with Crippen molar-refractivity contribution in [1.29, 1.82) is 0 Å². The molecular weight excluding hydrogens is 349 g/mol. The van der Waals surface area contributed by atoms with Crippen LogP contribution in [0.1, 0.15) is 21.5 Å². The number of pyridine rings is 2. The Balaban J connectivity index is 2.46. The van der Waals surface area contributed by atoms with E-state index in [1.54, 1.807) is 0 Å². The molecule has 3 rings (SSSR count). The average molecular weight is 362 g/mol. The van der Waals surface area contributed by atoms with Crippen LogP contribution in [-0.4, -0.2) is 15.5 Å². The molecule has 2 aromatic heterocycles. The van der Waals surface area contributed by atoms with E-state index in [0.29, 0.717) is 5.56 Å². The molecule has 0 aliphatic carbocycles. The second kappa shape index (κ2) is 5.91. The largest absolute Gasteiger partial charge is 0.477 e. The average Bonchev–Trinajstić information content (AvgIpc) is 2.54. The number of rotatable bonds is 2. The minimum Gasteiger partial charge on any atom is -0.477 e. The van der Waals surface area contributed by atoms with Crippen molar-refractivity contribution in [2.75, 3.05) is 5.73 Å². The predicted molar refractivity (Wildman–Crippen MR) is 89.8 cm³/mol. The third kappa shape index (κ3) is 2.50. The lowest BCUT2D eigenvalue weighted by Crippen LogP contribution is -2.23. The molecule has 8 heteroatoms. The quantitative estimate of drug-likeness (QED) is 0.685. The minimum absolute atomic E-state index is 0.166. The van der Waals surface area contributed by atoms with E-state index in [1.807, 2.05) is 0 Å². The van der Waals surface area contributed by atoms with Crippen LogP contribution >= 0.6 is 0 Å². The lowest BCUT2D eigenvalue weighted by molar-refractivity contribution is 0.0694. The van der Waals surface area contributed by atoms with E-state index >= 15 is 0 Å². The minimum atomic E-state index is -1.44. The molecule has 0 amide bonds. The number of fused-ring (bicyclic) bond motifs is 1. The van der Waals surface area contributed by atoms with Crippen molar-refractivity contribution >= 4 is 17.2 Å². The van der Waals surface area contributed by atoms with Crippen molar-refractivity contribution in [3.8, 4) is 11.1 Å². The number of carboxylic acid groups (broad SMARTS) is 1. The lowest BCUT2D eigenvalue weighted by Gasteiger charge is -2.15. The Morgan fingerprint density at radius 1 is 1.08 bits per heavy atom. The number of halogens is 3. The first-order valence-electron chi connectivity index (χ1n) is 7.46. The van der Waals surface area contributed by atoms with Crippen molar-refractivity contribution in [1.82, 2.24) is 4.40 Å². The Morgan fingerprint density at radius 3 is 2.35 bits per heavy atom. The summed E-state index contributed by atoms with van der Waals surface area (Å²) in [5.74, 6) is -4.27. The van der Waals surface area contributed by atoms with Crippen LogP contribution in [0.15, 0.2) is 29.2 Å². The van der Waals surface area contributed by atoms with Crippen LogP contribution in [0.3, 0.4) is 0 Å². The van der Waals surface area contributed by atoms with Crippen molar-refractivity contribution < 1.29 is 23.1 Å². The van der Waals surface area contributed by atoms with Gasteiger partial charge in [-0.05, 0) is 37.1 Å². The lowest BCUT2D eigenvalue weighted by atomic mass is 9.97. The Kier molecular flexibility index (Phi) is 3.98. The van der Waals surface area contributed by atoms with Gasteiger partial charge in [-0.15, -0.1) is 0 Å². The second-order valence-electron chi connectivity index (χ2n) is 5.90. The normalized spacial score (nSPS) is 11.1. The molecule has 0 radical (unpaired) electrons. The summed E-state index contributed by atoms with van der Waals surface area (Å²) in [5, 5.41) is 9.10. The van der Waals surface area contributed by atoms with Gasteiger partial charge in [-0.25, -0.2) is 18.0 Å². The molecule has 2 heterocycles. The van der Waals surface area contributed by atoms with E-state index in [9.17, 15) is 22.8 Å². The van der Waals surface area contributed by atoms with Gasteiger partial charge < -0.3 is 10.8 Å². The highest BCUT2D eigenvalue weighted by Crippen LogP contribution is 2.33. The van der Waals surface area contributed by atoms with Gasteiger partial charge in [0, 0.05) is 23.4 Å². The number of carbonyl (C=O) groups is 1. The smallest absolute Gasteiger partial charge is 0.341 e. The standard InChI is InChI=1S/C18H13F3N2O3/c1-7-3-10(18(25)26)17(24)23-6-13(21)15(8(2)16(7)23)9-4-12(20)14(22)5-11(9)19/h3-6H,22H2,1-2H3,(H,25,26). The van der Waals surface area contributed by atoms with Gasteiger partial charge in [-0.2, -0.15) is 0 Å². The van der Waals surface area contributed by atoms with E-state index in [1.165, 1.54) is 13.8 Å². The Morgan fingerprint density at radius 2 is 1.73 bits per heavy atom. The highest BCUT2D eigenvalue weighted by atomic mass is 19.1. The van der Waals surface area contributed by atoms with Gasteiger partial charge in [-0.3, -0.25) is 9.20 Å². The summed E-state index contributed by atoms with van der Waals surface area (Å²) in [5.41, 5.74) is 3.64. The van der Waals surface area contributed by atoms with Gasteiger partial charge in [-0.1, -0.05) is 0 Å². The molecular formula is C18H13F3N2O3. The molecule has 0 unspecified atom stereocenters. The van der Waals surface area contributed by atoms with Crippen LogP contribution in [0.25, 0.3) is 16.6 Å². The van der Waals surface area contributed by atoms with Gasteiger partial charge >= 0.3 is 5.97 Å². The topological polar surface area (TPSA) is 84.8 Å². The molecule has 1 aromatic carbocycles. The SMILES string of the molecule is Cc1cc(C(=O)O)c(=O)n2cc(F)c(-c3cc(F)c(N)cc3F)c(C)c12. The van der Waals surface area contributed by atoms with E-state index < -0.39 is 40.2 Å². The summed E-state index contributed by atoms with van der Waals surface area (Å²) in [6, 6.07) is 2.69. The van der Waals surface area contributed by atoms with Gasteiger partial charge in [0.25, 0.3) is 5.56 Å². The molecule has 0 bridgehead atoms. The summed E-state index contributed by atoms with van der Waals surface area (Å²) in [7, 11) is 0. The highest BCUT2D eigenvalue weighted by Gasteiger charge is 2.21. The number of benzene rings is 1. The maximum atomic E-state index is 14.7. The maximum Gasteiger partial charge on any atom is 0.341 e. The number of anilines is 1. The molecule has 0 saturated heterocycles. The monoisotopic (exact) mass is 362 g/mol. The third-order valence-electron chi connectivity index (χ3n) is 4.22. The number of hydrogen-bond acceptors (Lipinski definition) is 3. The summed E-state index contributed by atoms with van der Waals surface area (Å²) >= 11 is 0. The fourth-order valence-corrected chi connectivity index (χ4v) is 3.08. The number of aromatic carboxylic acids is 1. The molecule has 3 N–H and O–H groups in total. The first kappa shape index (κ1) is 17.5. The summed E-state index contributed by atoms with van der Waals surface area (Å²) in [6.45, 7) is 2.98. The van der Waals surface area contributed by atoms with Gasteiger partial charge in [0.1, 0.15) is 23.0 Å². The summed E-state index contributed by atoms with van der Waals surface area (Å²) in [6.07, 6.45) is 0.771. The molecule has 5 nitrogen and oxygen atoms in total. The summed E-state index contributed by atoms with van der Waals surface area (Å²) < 4.78 is 43.6. The maximum absolute atomic E-state index is 14.7. The second-order valence-corrected chi connectivity index (χ2v) is 5.90. The molecule has 0 spiro atoms. The number of nitrogens with zero attached hydrogens (tertiary/aromatic N) is 1. The number of carboxylic acids is 1. The van der Waals surface area contributed by atoms with Crippen molar-refractivity contribution in [3.05, 3.63) is 68.9 Å². The third-order valence-corrected chi connectivity index (χ3v) is 4.22. The molecule has 0 fully saturated rings. The zero-order valence-corrected chi connectivity index (χ0v) is 13.7. The molecule has 0 aliphatic rings. The van der Waals surface area contributed by atoms with Crippen LogP contribution in [-0.2, 0) is 0 Å². The van der Waals surface area contributed by atoms with E-state index in [-0.39, 0.29) is 22.2 Å². The van der Waals surface area contributed by atoms with E-state index in [0.717, 1.165) is 28.8 Å². The molecule has 26 heavy (non-hydrogen) atoms. The van der Waals surface area contributed by atoms with Gasteiger partial charge in [0.2, 0.25) is 0 Å². The van der Waals surface area contributed by atoms with Crippen molar-refractivity contribution in [2.24, 2.45) is 0 Å². The number of hydrogen-bond donors (Lipinski definition) is 2. The van der Waals surface area contributed by atoms with Crippen LogP contribution < -0.4 is 11.3 Å². The Labute approximate surface area is 145 Å². The number of nitrogen functional groups attached to an aromatic ring is 1. The Bertz CT molecular complexity index is 1150. The fourth-order valence-electron chi connectivity index (χ4n) is 3.08. The highest BCUT2D eigenvalue weighted by molar-refractivity contribution is 5.89. The fraction of sp³-hybridized carbons (Fsp3) is 0.111.